The van der Waals surface area contributed by atoms with Gasteiger partial charge >= 0.3 is 0 Å². The standard InChI is InChI=1S/C19H29N3O4S3/c23-19(21-4-1-16(2-5-21)15-20-6-10-26-11-7-20)18-17(3-12-28-18)29(24,25)22-8-13-27-14-9-22/h3,12,16H,1-2,4-11,13-15H2. The maximum Gasteiger partial charge on any atom is 0.265 e. The Morgan fingerprint density at radius 2 is 1.76 bits per heavy atom. The molecule has 162 valence electrons. The Kier molecular flexibility index (Phi) is 7.18. The van der Waals surface area contributed by atoms with Gasteiger partial charge in [0.05, 0.1) is 13.2 Å². The zero-order valence-corrected chi connectivity index (χ0v) is 19.1. The average molecular weight is 460 g/mol. The summed E-state index contributed by atoms with van der Waals surface area (Å²) in [5, 5.41) is 1.73. The molecule has 0 unspecified atom stereocenters. The van der Waals surface area contributed by atoms with Crippen molar-refractivity contribution in [2.75, 3.05) is 70.5 Å². The maximum atomic E-state index is 13.1. The molecule has 0 saturated carbocycles. The topological polar surface area (TPSA) is 70.2 Å². The van der Waals surface area contributed by atoms with Crippen LogP contribution in [0, 0.1) is 5.92 Å². The van der Waals surface area contributed by atoms with E-state index in [-0.39, 0.29) is 10.8 Å². The molecule has 4 heterocycles. The highest BCUT2D eigenvalue weighted by Crippen LogP contribution is 2.29. The summed E-state index contributed by atoms with van der Waals surface area (Å²) in [6.45, 7) is 7.10. The summed E-state index contributed by atoms with van der Waals surface area (Å²) in [7, 11) is -3.60. The van der Waals surface area contributed by atoms with Crippen molar-refractivity contribution >= 4 is 39.0 Å². The molecule has 3 aliphatic rings. The van der Waals surface area contributed by atoms with E-state index >= 15 is 0 Å². The second-order valence-electron chi connectivity index (χ2n) is 7.78. The Balaban J connectivity index is 1.38. The first kappa shape index (κ1) is 21.6. The second kappa shape index (κ2) is 9.65. The number of piperidine rings is 1. The molecule has 0 spiro atoms. The molecule has 4 rings (SSSR count). The molecule has 0 radical (unpaired) electrons. The first-order chi connectivity index (χ1) is 14.1. The van der Waals surface area contributed by atoms with Gasteiger partial charge in [0.15, 0.2) is 0 Å². The van der Waals surface area contributed by atoms with Gasteiger partial charge in [0.25, 0.3) is 5.91 Å². The van der Waals surface area contributed by atoms with Gasteiger partial charge in [-0.25, -0.2) is 8.42 Å². The van der Waals surface area contributed by atoms with Crippen molar-refractivity contribution in [1.82, 2.24) is 14.1 Å². The van der Waals surface area contributed by atoms with Crippen LogP contribution < -0.4 is 0 Å². The molecule has 1 amide bonds. The van der Waals surface area contributed by atoms with Crippen LogP contribution in [0.1, 0.15) is 22.5 Å². The van der Waals surface area contributed by atoms with Gasteiger partial charge in [-0.1, -0.05) is 0 Å². The highest BCUT2D eigenvalue weighted by molar-refractivity contribution is 7.99. The number of hydrogen-bond acceptors (Lipinski definition) is 7. The number of nitrogens with zero attached hydrogens (tertiary/aromatic N) is 3. The van der Waals surface area contributed by atoms with Gasteiger partial charge in [0.2, 0.25) is 10.0 Å². The van der Waals surface area contributed by atoms with Gasteiger partial charge in [-0.15, -0.1) is 11.3 Å². The van der Waals surface area contributed by atoms with Crippen LogP contribution in [0.15, 0.2) is 16.3 Å². The van der Waals surface area contributed by atoms with Crippen LogP contribution in [-0.2, 0) is 14.8 Å². The quantitative estimate of drug-likeness (QED) is 0.667. The number of morpholine rings is 1. The van der Waals surface area contributed by atoms with Crippen LogP contribution in [0.2, 0.25) is 0 Å². The summed E-state index contributed by atoms with van der Waals surface area (Å²) in [4.78, 5) is 18.0. The molecule has 0 bridgehead atoms. The van der Waals surface area contributed by atoms with Crippen LogP contribution >= 0.6 is 23.1 Å². The van der Waals surface area contributed by atoms with E-state index in [9.17, 15) is 13.2 Å². The third-order valence-corrected chi connectivity index (χ3v) is 9.85. The van der Waals surface area contributed by atoms with Crippen molar-refractivity contribution in [2.45, 2.75) is 17.7 Å². The van der Waals surface area contributed by atoms with Gasteiger partial charge in [-0.2, -0.15) is 16.1 Å². The zero-order chi connectivity index (χ0) is 20.3. The van der Waals surface area contributed by atoms with E-state index in [1.54, 1.807) is 23.2 Å². The molecule has 0 aliphatic carbocycles. The summed E-state index contributed by atoms with van der Waals surface area (Å²) < 4.78 is 33.1. The maximum absolute atomic E-state index is 13.1. The molecule has 1 aromatic heterocycles. The smallest absolute Gasteiger partial charge is 0.265 e. The fourth-order valence-corrected chi connectivity index (χ4v) is 8.13. The second-order valence-corrected chi connectivity index (χ2v) is 11.8. The first-order valence-electron chi connectivity index (χ1n) is 10.3. The molecule has 3 fully saturated rings. The van der Waals surface area contributed by atoms with Crippen molar-refractivity contribution in [3.8, 4) is 0 Å². The number of ether oxygens (including phenoxy) is 1. The lowest BCUT2D eigenvalue weighted by Gasteiger charge is -2.36. The lowest BCUT2D eigenvalue weighted by molar-refractivity contribution is 0.0243. The van der Waals surface area contributed by atoms with E-state index in [1.165, 1.54) is 15.6 Å². The number of likely N-dealkylation sites (tertiary alicyclic amines) is 1. The van der Waals surface area contributed by atoms with Crippen LogP contribution in [0.25, 0.3) is 0 Å². The highest BCUT2D eigenvalue weighted by atomic mass is 32.2. The van der Waals surface area contributed by atoms with Crippen LogP contribution in [0.4, 0.5) is 0 Å². The van der Waals surface area contributed by atoms with Gasteiger partial charge < -0.3 is 9.64 Å². The SMILES string of the molecule is O=C(c1sccc1S(=O)(=O)N1CCSCC1)N1CCC(CN2CCOCC2)CC1. The summed E-state index contributed by atoms with van der Waals surface area (Å²) in [5.74, 6) is 2.08. The lowest BCUT2D eigenvalue weighted by Crippen LogP contribution is -2.44. The van der Waals surface area contributed by atoms with Crippen molar-refractivity contribution < 1.29 is 17.9 Å². The third-order valence-electron chi connectivity index (χ3n) is 5.93. The predicted molar refractivity (Wildman–Crippen MR) is 116 cm³/mol. The largest absolute Gasteiger partial charge is 0.379 e. The minimum atomic E-state index is -3.60. The monoisotopic (exact) mass is 459 g/mol. The Bertz CT molecular complexity index is 793. The Morgan fingerprint density at radius 1 is 1.07 bits per heavy atom. The molecule has 3 saturated heterocycles. The van der Waals surface area contributed by atoms with E-state index in [2.05, 4.69) is 4.90 Å². The molecular formula is C19H29N3O4S3. The first-order valence-corrected chi connectivity index (χ1v) is 13.8. The Morgan fingerprint density at radius 3 is 2.45 bits per heavy atom. The predicted octanol–water partition coefficient (Wildman–Crippen LogP) is 1.67. The van der Waals surface area contributed by atoms with Gasteiger partial charge in [-0.3, -0.25) is 9.69 Å². The van der Waals surface area contributed by atoms with E-state index in [0.717, 1.165) is 57.2 Å². The number of amides is 1. The summed E-state index contributed by atoms with van der Waals surface area (Å²) in [5.41, 5.74) is 0. The van der Waals surface area contributed by atoms with Crippen LogP contribution in [0.5, 0.6) is 0 Å². The van der Waals surface area contributed by atoms with E-state index in [1.807, 2.05) is 4.90 Å². The van der Waals surface area contributed by atoms with Crippen LogP contribution in [0.3, 0.4) is 0 Å². The van der Waals surface area contributed by atoms with Gasteiger partial charge in [-0.05, 0) is 30.2 Å². The van der Waals surface area contributed by atoms with E-state index < -0.39 is 10.0 Å². The molecule has 3 aliphatic heterocycles. The van der Waals surface area contributed by atoms with E-state index in [4.69, 9.17) is 4.74 Å². The molecular weight excluding hydrogens is 430 g/mol. The number of rotatable bonds is 5. The van der Waals surface area contributed by atoms with Gasteiger partial charge in [0, 0.05) is 57.3 Å². The number of carbonyl (C=O) groups is 1. The minimum absolute atomic E-state index is 0.130. The summed E-state index contributed by atoms with van der Waals surface area (Å²) >= 11 is 3.02. The van der Waals surface area contributed by atoms with Crippen molar-refractivity contribution in [3.63, 3.8) is 0 Å². The molecule has 7 nitrogen and oxygen atoms in total. The Labute approximate surface area is 181 Å². The molecule has 0 N–H and O–H groups in total. The average Bonchev–Trinajstić information content (AvgIpc) is 3.26. The minimum Gasteiger partial charge on any atom is -0.379 e. The van der Waals surface area contributed by atoms with Crippen molar-refractivity contribution in [1.29, 1.82) is 0 Å². The normalized spacial score (nSPS) is 23.4. The van der Waals surface area contributed by atoms with Gasteiger partial charge in [0.1, 0.15) is 9.77 Å². The lowest BCUT2D eigenvalue weighted by atomic mass is 9.96. The van der Waals surface area contributed by atoms with Crippen molar-refractivity contribution in [2.24, 2.45) is 5.92 Å². The number of carbonyl (C=O) groups excluding carboxylic acids is 1. The number of thioether (sulfide) groups is 1. The summed E-state index contributed by atoms with van der Waals surface area (Å²) in [6.07, 6.45) is 1.94. The summed E-state index contributed by atoms with van der Waals surface area (Å²) in [6, 6.07) is 1.60. The number of thiophene rings is 1. The number of hydrogen-bond donors (Lipinski definition) is 0. The number of sulfonamides is 1. The van der Waals surface area contributed by atoms with Crippen LogP contribution in [-0.4, -0.2) is 99.0 Å². The molecule has 1 aromatic rings. The molecule has 0 atom stereocenters. The Hall–Kier alpha value is -0.650. The third kappa shape index (κ3) is 4.99. The molecule has 29 heavy (non-hydrogen) atoms. The van der Waals surface area contributed by atoms with Crippen molar-refractivity contribution in [3.05, 3.63) is 16.3 Å². The zero-order valence-electron chi connectivity index (χ0n) is 16.6. The fraction of sp³-hybridized carbons (Fsp3) is 0.737. The fourth-order valence-electron chi connectivity index (χ4n) is 4.19. The molecule has 0 aromatic carbocycles. The highest BCUT2D eigenvalue weighted by Gasteiger charge is 2.33. The molecule has 10 heteroatoms. The van der Waals surface area contributed by atoms with E-state index in [0.29, 0.717) is 37.0 Å².